The fourth-order valence-corrected chi connectivity index (χ4v) is 4.53. The van der Waals surface area contributed by atoms with E-state index >= 15 is 0 Å². The van der Waals surface area contributed by atoms with Gasteiger partial charge < -0.3 is 25.3 Å². The van der Waals surface area contributed by atoms with E-state index in [-0.39, 0.29) is 5.56 Å². The summed E-state index contributed by atoms with van der Waals surface area (Å²) in [4.78, 5) is 37.5. The number of esters is 1. The predicted molar refractivity (Wildman–Crippen MR) is 108 cm³/mol. The lowest BCUT2D eigenvalue weighted by atomic mass is 9.95. The molecule has 1 aliphatic rings. The zero-order valence-corrected chi connectivity index (χ0v) is 17.0. The van der Waals surface area contributed by atoms with Gasteiger partial charge >= 0.3 is 5.97 Å². The van der Waals surface area contributed by atoms with Gasteiger partial charge in [-0.3, -0.25) is 9.59 Å². The minimum absolute atomic E-state index is 0.193. The highest BCUT2D eigenvalue weighted by Gasteiger charge is 2.25. The summed E-state index contributed by atoms with van der Waals surface area (Å²) >= 11 is 1.35. The van der Waals surface area contributed by atoms with E-state index in [2.05, 4.69) is 5.32 Å². The molecule has 9 heteroatoms. The zero-order valence-electron chi connectivity index (χ0n) is 16.2. The number of carbonyl (C=O) groups is 3. The normalized spacial score (nSPS) is 12.6. The monoisotopic (exact) mass is 418 g/mol. The van der Waals surface area contributed by atoms with Gasteiger partial charge in [-0.05, 0) is 43.4 Å². The predicted octanol–water partition coefficient (Wildman–Crippen LogP) is 2.54. The Kier molecular flexibility index (Phi) is 6.38. The van der Waals surface area contributed by atoms with Crippen LogP contribution >= 0.6 is 11.3 Å². The van der Waals surface area contributed by atoms with E-state index in [9.17, 15) is 14.4 Å². The van der Waals surface area contributed by atoms with Crippen LogP contribution in [-0.2, 0) is 22.4 Å². The number of methoxy groups -OCH3 is 2. The number of carbonyl (C=O) groups excluding carboxylic acids is 3. The van der Waals surface area contributed by atoms with Crippen molar-refractivity contribution in [2.75, 3.05) is 26.1 Å². The number of nitrogens with two attached hydrogens (primary N) is 1. The van der Waals surface area contributed by atoms with Gasteiger partial charge in [0.1, 0.15) is 16.5 Å². The quantitative estimate of drug-likeness (QED) is 0.668. The van der Waals surface area contributed by atoms with E-state index < -0.39 is 24.4 Å². The molecule has 1 heterocycles. The van der Waals surface area contributed by atoms with E-state index in [1.807, 2.05) is 0 Å². The number of rotatable bonds is 7. The fourth-order valence-electron chi connectivity index (χ4n) is 3.22. The number of hydrogen-bond acceptors (Lipinski definition) is 7. The summed E-state index contributed by atoms with van der Waals surface area (Å²) in [5, 5.41) is 3.06. The lowest BCUT2D eigenvalue weighted by Crippen LogP contribution is -2.23. The highest BCUT2D eigenvalue weighted by Crippen LogP contribution is 2.37. The molecule has 154 valence electrons. The second-order valence-electron chi connectivity index (χ2n) is 6.50. The van der Waals surface area contributed by atoms with Gasteiger partial charge in [-0.25, -0.2) is 4.79 Å². The van der Waals surface area contributed by atoms with Crippen molar-refractivity contribution in [3.8, 4) is 11.5 Å². The first kappa shape index (κ1) is 20.7. The van der Waals surface area contributed by atoms with Gasteiger partial charge in [0.2, 0.25) is 0 Å². The Morgan fingerprint density at radius 3 is 2.34 bits per heavy atom. The van der Waals surface area contributed by atoms with Gasteiger partial charge in [0.15, 0.2) is 6.61 Å². The lowest BCUT2D eigenvalue weighted by molar-refractivity contribution is -0.119. The number of anilines is 1. The number of hydrogen-bond donors (Lipinski definition) is 2. The number of thiophene rings is 1. The Morgan fingerprint density at radius 2 is 1.72 bits per heavy atom. The molecule has 0 unspecified atom stereocenters. The Balaban J connectivity index is 1.67. The van der Waals surface area contributed by atoms with E-state index in [0.29, 0.717) is 22.1 Å². The molecule has 3 rings (SSSR count). The summed E-state index contributed by atoms with van der Waals surface area (Å²) in [7, 11) is 2.93. The van der Waals surface area contributed by atoms with Crippen molar-refractivity contribution in [2.24, 2.45) is 5.73 Å². The van der Waals surface area contributed by atoms with Crippen LogP contribution in [0.2, 0.25) is 0 Å². The van der Waals surface area contributed by atoms with Crippen LogP contribution in [0.3, 0.4) is 0 Å². The van der Waals surface area contributed by atoms with Crippen molar-refractivity contribution >= 4 is 34.1 Å². The summed E-state index contributed by atoms with van der Waals surface area (Å²) in [5.41, 5.74) is 7.00. The molecule has 1 aliphatic carbocycles. The third-order valence-corrected chi connectivity index (χ3v) is 5.80. The Labute approximate surface area is 171 Å². The van der Waals surface area contributed by atoms with E-state index in [4.69, 9.17) is 19.9 Å². The summed E-state index contributed by atoms with van der Waals surface area (Å²) in [6, 6.07) is 4.59. The molecule has 2 amide bonds. The molecule has 3 N–H and O–H groups in total. The van der Waals surface area contributed by atoms with Crippen molar-refractivity contribution in [3.05, 3.63) is 39.8 Å². The second kappa shape index (κ2) is 8.95. The van der Waals surface area contributed by atoms with Crippen molar-refractivity contribution < 1.29 is 28.6 Å². The van der Waals surface area contributed by atoms with Crippen LogP contribution in [0.25, 0.3) is 0 Å². The first-order valence-electron chi connectivity index (χ1n) is 9.07. The van der Waals surface area contributed by atoms with E-state index in [1.54, 1.807) is 6.07 Å². The molecule has 0 atom stereocenters. The number of aryl methyl sites for hydroxylation is 1. The first-order valence-corrected chi connectivity index (χ1v) is 9.89. The second-order valence-corrected chi connectivity index (χ2v) is 7.61. The van der Waals surface area contributed by atoms with Crippen LogP contribution in [0.15, 0.2) is 18.2 Å². The van der Waals surface area contributed by atoms with Gasteiger partial charge in [-0.1, -0.05) is 0 Å². The van der Waals surface area contributed by atoms with Crippen LogP contribution in [0, 0.1) is 0 Å². The zero-order chi connectivity index (χ0) is 21.0. The average molecular weight is 418 g/mol. The van der Waals surface area contributed by atoms with Crippen molar-refractivity contribution in [2.45, 2.75) is 25.7 Å². The molecule has 1 aromatic heterocycles. The first-order chi connectivity index (χ1) is 13.9. The fraction of sp³-hybridized carbons (Fsp3) is 0.350. The SMILES string of the molecule is COc1cc(OC)cc(C(=O)OCC(=O)Nc2sc3c(c2C(N)=O)CCCC3)c1. The van der Waals surface area contributed by atoms with E-state index in [1.165, 1.54) is 37.7 Å². The average Bonchev–Trinajstić information content (AvgIpc) is 3.09. The van der Waals surface area contributed by atoms with Gasteiger partial charge in [0.25, 0.3) is 11.8 Å². The largest absolute Gasteiger partial charge is 0.497 e. The number of primary amides is 1. The third-order valence-electron chi connectivity index (χ3n) is 4.59. The number of nitrogens with one attached hydrogen (secondary N) is 1. The van der Waals surface area contributed by atoms with E-state index in [0.717, 1.165) is 36.1 Å². The third kappa shape index (κ3) is 4.68. The van der Waals surface area contributed by atoms with Gasteiger partial charge in [-0.2, -0.15) is 0 Å². The number of amides is 2. The standard InChI is InChI=1S/C20H22N2O6S/c1-26-12-7-11(8-13(9-12)27-2)20(25)28-10-16(23)22-19-17(18(21)24)14-5-3-4-6-15(14)29-19/h7-9H,3-6,10H2,1-2H3,(H2,21,24)(H,22,23). The maximum Gasteiger partial charge on any atom is 0.338 e. The van der Waals surface area contributed by atoms with Crippen LogP contribution < -0.4 is 20.5 Å². The summed E-state index contributed by atoms with van der Waals surface area (Å²) in [5.74, 6) is -0.959. The van der Waals surface area contributed by atoms with Crippen molar-refractivity contribution in [3.63, 3.8) is 0 Å². The molecule has 0 saturated heterocycles. The highest BCUT2D eigenvalue weighted by atomic mass is 32.1. The van der Waals surface area contributed by atoms with Crippen LogP contribution in [0.4, 0.5) is 5.00 Å². The summed E-state index contributed by atoms with van der Waals surface area (Å²) < 4.78 is 15.3. The molecule has 8 nitrogen and oxygen atoms in total. The maximum absolute atomic E-state index is 12.3. The topological polar surface area (TPSA) is 117 Å². The minimum atomic E-state index is -0.696. The van der Waals surface area contributed by atoms with Crippen molar-refractivity contribution in [1.29, 1.82) is 0 Å². The molecule has 0 radical (unpaired) electrons. The Morgan fingerprint density at radius 1 is 1.07 bits per heavy atom. The molecular formula is C20H22N2O6S. The number of fused-ring (bicyclic) bond motifs is 1. The molecule has 2 aromatic rings. The number of benzene rings is 1. The molecule has 0 aliphatic heterocycles. The van der Waals surface area contributed by atoms with Gasteiger partial charge in [0.05, 0.1) is 25.3 Å². The summed E-state index contributed by atoms with van der Waals surface area (Å²) in [6.45, 7) is -0.501. The van der Waals surface area contributed by atoms with Gasteiger partial charge in [-0.15, -0.1) is 11.3 Å². The van der Waals surface area contributed by atoms with Crippen LogP contribution in [0.1, 0.15) is 44.0 Å². The molecule has 0 bridgehead atoms. The maximum atomic E-state index is 12.3. The van der Waals surface area contributed by atoms with Crippen molar-refractivity contribution in [1.82, 2.24) is 0 Å². The summed E-state index contributed by atoms with van der Waals surface area (Å²) in [6.07, 6.45) is 3.66. The Hall–Kier alpha value is -3.07. The molecule has 1 aromatic carbocycles. The van der Waals surface area contributed by atoms with Gasteiger partial charge in [0, 0.05) is 10.9 Å². The molecule has 0 fully saturated rings. The van der Waals surface area contributed by atoms with Crippen LogP contribution in [0.5, 0.6) is 11.5 Å². The highest BCUT2D eigenvalue weighted by molar-refractivity contribution is 7.17. The Bertz CT molecular complexity index is 930. The molecule has 0 saturated carbocycles. The minimum Gasteiger partial charge on any atom is -0.497 e. The smallest absolute Gasteiger partial charge is 0.338 e. The molecule has 0 spiro atoms. The lowest BCUT2D eigenvalue weighted by Gasteiger charge is -2.11. The van der Waals surface area contributed by atoms with Crippen LogP contribution in [-0.4, -0.2) is 38.6 Å². The number of ether oxygens (including phenoxy) is 3. The molecule has 29 heavy (non-hydrogen) atoms. The molecular weight excluding hydrogens is 396 g/mol.